The number of rotatable bonds is 2. The van der Waals surface area contributed by atoms with Gasteiger partial charge in [0, 0.05) is 30.8 Å². The summed E-state index contributed by atoms with van der Waals surface area (Å²) in [4.78, 5) is 24.5. The number of amides is 1. The van der Waals surface area contributed by atoms with Crippen LogP contribution in [-0.2, 0) is 4.74 Å². The van der Waals surface area contributed by atoms with Crippen molar-refractivity contribution in [1.29, 1.82) is 0 Å². The fourth-order valence-corrected chi connectivity index (χ4v) is 3.82. The van der Waals surface area contributed by atoms with Crippen LogP contribution in [0.4, 0.5) is 0 Å². The quantitative estimate of drug-likeness (QED) is 0.853. The topological polar surface area (TPSA) is 55.3 Å². The van der Waals surface area contributed by atoms with Crippen LogP contribution >= 0.6 is 0 Å². The molecule has 1 aromatic heterocycles. The third-order valence-corrected chi connectivity index (χ3v) is 5.29. The van der Waals surface area contributed by atoms with E-state index in [1.807, 2.05) is 29.2 Å². The Balaban J connectivity index is 1.53. The van der Waals surface area contributed by atoms with Gasteiger partial charge in [-0.05, 0) is 25.0 Å². The van der Waals surface area contributed by atoms with Crippen LogP contribution in [0.2, 0.25) is 0 Å². The van der Waals surface area contributed by atoms with Gasteiger partial charge in [0.15, 0.2) is 5.69 Å². The summed E-state index contributed by atoms with van der Waals surface area (Å²) in [5.41, 5.74) is 3.18. The van der Waals surface area contributed by atoms with E-state index in [1.54, 1.807) is 0 Å². The summed E-state index contributed by atoms with van der Waals surface area (Å²) >= 11 is 0. The minimum absolute atomic E-state index is 0.0551. The highest BCUT2D eigenvalue weighted by atomic mass is 16.5. The van der Waals surface area contributed by atoms with Crippen LogP contribution in [0.25, 0.3) is 11.0 Å². The third-order valence-electron chi connectivity index (χ3n) is 5.29. The molecule has 1 aliphatic carbocycles. The van der Waals surface area contributed by atoms with Crippen molar-refractivity contribution in [2.75, 3.05) is 26.3 Å². The molecule has 3 fully saturated rings. The molecule has 5 heteroatoms. The van der Waals surface area contributed by atoms with E-state index >= 15 is 0 Å². The van der Waals surface area contributed by atoms with Gasteiger partial charge in [-0.1, -0.05) is 12.1 Å². The van der Waals surface area contributed by atoms with E-state index in [0.717, 1.165) is 55.9 Å². The molecule has 5 rings (SSSR count). The summed E-state index contributed by atoms with van der Waals surface area (Å²) in [5.74, 6) is 1.46. The standard InChI is InChI=1S/C18H19N3O2/c22-18(21-7-12-9-23-10-13(12)8-21)17-16(11-5-6-11)19-14-3-1-2-4-15(14)20-17/h1-4,11-13H,5-10H2/t12-,13+. The van der Waals surface area contributed by atoms with Crippen molar-refractivity contribution in [3.63, 3.8) is 0 Å². The maximum Gasteiger partial charge on any atom is 0.274 e. The van der Waals surface area contributed by atoms with Crippen molar-refractivity contribution in [3.05, 3.63) is 35.7 Å². The maximum absolute atomic E-state index is 13.1. The van der Waals surface area contributed by atoms with Crippen LogP contribution in [0.5, 0.6) is 0 Å². The van der Waals surface area contributed by atoms with E-state index in [2.05, 4.69) is 4.98 Å². The maximum atomic E-state index is 13.1. The normalized spacial score (nSPS) is 26.7. The van der Waals surface area contributed by atoms with Gasteiger partial charge >= 0.3 is 0 Å². The van der Waals surface area contributed by atoms with Crippen LogP contribution in [0.3, 0.4) is 0 Å². The molecule has 0 radical (unpaired) electrons. The van der Waals surface area contributed by atoms with E-state index in [4.69, 9.17) is 9.72 Å². The lowest BCUT2D eigenvalue weighted by Crippen LogP contribution is -2.32. The number of ether oxygens (including phenoxy) is 1. The molecule has 3 aliphatic rings. The molecular formula is C18H19N3O2. The van der Waals surface area contributed by atoms with E-state index in [1.165, 1.54) is 0 Å². The third kappa shape index (κ3) is 2.22. The molecule has 1 saturated carbocycles. The molecule has 2 aromatic rings. The highest BCUT2D eigenvalue weighted by Crippen LogP contribution is 2.41. The van der Waals surface area contributed by atoms with E-state index in [0.29, 0.717) is 23.4 Å². The number of benzene rings is 1. The number of hydrogen-bond acceptors (Lipinski definition) is 4. The zero-order valence-electron chi connectivity index (χ0n) is 12.9. The first-order chi connectivity index (χ1) is 11.3. The summed E-state index contributed by atoms with van der Waals surface area (Å²) in [6.07, 6.45) is 2.23. The van der Waals surface area contributed by atoms with Gasteiger partial charge < -0.3 is 9.64 Å². The molecule has 0 spiro atoms. The van der Waals surface area contributed by atoms with Gasteiger partial charge in [0.25, 0.3) is 5.91 Å². The lowest BCUT2D eigenvalue weighted by atomic mass is 10.0. The zero-order chi connectivity index (χ0) is 15.4. The van der Waals surface area contributed by atoms with Crippen molar-refractivity contribution in [2.45, 2.75) is 18.8 Å². The summed E-state index contributed by atoms with van der Waals surface area (Å²) < 4.78 is 5.51. The number of likely N-dealkylation sites (tertiary alicyclic amines) is 1. The van der Waals surface area contributed by atoms with Crippen molar-refractivity contribution < 1.29 is 9.53 Å². The van der Waals surface area contributed by atoms with E-state index in [-0.39, 0.29) is 5.91 Å². The Morgan fingerprint density at radius 1 is 1.04 bits per heavy atom. The highest BCUT2D eigenvalue weighted by molar-refractivity contribution is 5.95. The molecule has 2 saturated heterocycles. The molecule has 1 amide bonds. The summed E-state index contributed by atoms with van der Waals surface area (Å²) in [6.45, 7) is 3.16. The van der Waals surface area contributed by atoms with Crippen LogP contribution in [0.15, 0.2) is 24.3 Å². The summed E-state index contributed by atoms with van der Waals surface area (Å²) in [6, 6.07) is 7.82. The molecule has 5 nitrogen and oxygen atoms in total. The van der Waals surface area contributed by atoms with Gasteiger partial charge in [-0.3, -0.25) is 4.79 Å². The van der Waals surface area contributed by atoms with Crippen LogP contribution < -0.4 is 0 Å². The van der Waals surface area contributed by atoms with E-state index < -0.39 is 0 Å². The molecule has 118 valence electrons. The fourth-order valence-electron chi connectivity index (χ4n) is 3.82. The summed E-state index contributed by atoms with van der Waals surface area (Å²) in [7, 11) is 0. The van der Waals surface area contributed by atoms with Gasteiger partial charge in [0.05, 0.1) is 29.9 Å². The highest BCUT2D eigenvalue weighted by Gasteiger charge is 2.41. The van der Waals surface area contributed by atoms with Crippen molar-refractivity contribution in [1.82, 2.24) is 14.9 Å². The molecule has 0 bridgehead atoms. The zero-order valence-corrected chi connectivity index (χ0v) is 12.9. The van der Waals surface area contributed by atoms with Crippen molar-refractivity contribution in [3.8, 4) is 0 Å². The predicted octanol–water partition coefficient (Wildman–Crippen LogP) is 2.23. The first-order valence-corrected chi connectivity index (χ1v) is 8.43. The Labute approximate surface area is 134 Å². The van der Waals surface area contributed by atoms with E-state index in [9.17, 15) is 4.79 Å². The summed E-state index contributed by atoms with van der Waals surface area (Å²) in [5, 5.41) is 0. The second kappa shape index (κ2) is 4.99. The Morgan fingerprint density at radius 3 is 2.35 bits per heavy atom. The first-order valence-electron chi connectivity index (χ1n) is 8.43. The second-order valence-corrected chi connectivity index (χ2v) is 6.99. The Bertz CT molecular complexity index is 775. The SMILES string of the molecule is O=C(c1nc2ccccc2nc1C1CC1)N1C[C@H]2COC[C@H]2C1. The number of carbonyl (C=O) groups excluding carboxylic acids is 1. The minimum Gasteiger partial charge on any atom is -0.381 e. The van der Waals surface area contributed by atoms with Crippen LogP contribution in [0, 0.1) is 11.8 Å². The Morgan fingerprint density at radius 2 is 1.70 bits per heavy atom. The van der Waals surface area contributed by atoms with Gasteiger partial charge in [0.2, 0.25) is 0 Å². The van der Waals surface area contributed by atoms with Gasteiger partial charge in [-0.25, -0.2) is 9.97 Å². The fraction of sp³-hybridized carbons (Fsp3) is 0.500. The number of aromatic nitrogens is 2. The number of para-hydroxylation sites is 2. The van der Waals surface area contributed by atoms with Crippen molar-refractivity contribution in [2.24, 2.45) is 11.8 Å². The lowest BCUT2D eigenvalue weighted by Gasteiger charge is -2.18. The molecule has 3 heterocycles. The number of nitrogens with zero attached hydrogens (tertiary/aromatic N) is 3. The molecule has 0 unspecified atom stereocenters. The predicted molar refractivity (Wildman–Crippen MR) is 85.2 cm³/mol. The van der Waals surface area contributed by atoms with Crippen LogP contribution in [0.1, 0.15) is 34.9 Å². The molecular weight excluding hydrogens is 290 g/mol. The van der Waals surface area contributed by atoms with Crippen LogP contribution in [-0.4, -0.2) is 47.1 Å². The molecule has 2 aliphatic heterocycles. The Kier molecular flexibility index (Phi) is 2.92. The molecule has 2 atom stereocenters. The average Bonchev–Trinajstić information content (AvgIpc) is 3.20. The monoisotopic (exact) mass is 309 g/mol. The largest absolute Gasteiger partial charge is 0.381 e. The first kappa shape index (κ1) is 13.4. The molecule has 1 aromatic carbocycles. The van der Waals surface area contributed by atoms with Gasteiger partial charge in [-0.15, -0.1) is 0 Å². The van der Waals surface area contributed by atoms with Gasteiger partial charge in [-0.2, -0.15) is 0 Å². The smallest absolute Gasteiger partial charge is 0.274 e. The number of fused-ring (bicyclic) bond motifs is 2. The second-order valence-electron chi connectivity index (χ2n) is 6.99. The molecule has 23 heavy (non-hydrogen) atoms. The lowest BCUT2D eigenvalue weighted by molar-refractivity contribution is 0.0744. The van der Waals surface area contributed by atoms with Crippen molar-refractivity contribution >= 4 is 16.9 Å². The Hall–Kier alpha value is -2.01. The molecule has 0 N–H and O–H groups in total. The minimum atomic E-state index is 0.0551. The number of carbonyl (C=O) groups is 1. The average molecular weight is 309 g/mol. The van der Waals surface area contributed by atoms with Gasteiger partial charge in [0.1, 0.15) is 0 Å². The number of hydrogen-bond donors (Lipinski definition) is 0.